The Hall–Kier alpha value is -3.32. The van der Waals surface area contributed by atoms with Crippen LogP contribution in [0.1, 0.15) is 24.0 Å². The molecule has 3 rings (SSSR count). The van der Waals surface area contributed by atoms with Crippen molar-refractivity contribution >= 4 is 27.3 Å². The van der Waals surface area contributed by atoms with Crippen LogP contribution in [0.3, 0.4) is 0 Å². The van der Waals surface area contributed by atoms with Gasteiger partial charge in [0.1, 0.15) is 11.5 Å². The molecule has 0 aromatic heterocycles. The lowest BCUT2D eigenvalue weighted by Gasteiger charge is -2.23. The highest BCUT2D eigenvalue weighted by Crippen LogP contribution is 2.24. The molecule has 0 spiro atoms. The summed E-state index contributed by atoms with van der Waals surface area (Å²) < 4.78 is 31.7. The topological polar surface area (TPSA) is 75.7 Å². The van der Waals surface area contributed by atoms with E-state index < -0.39 is 10.0 Å². The predicted octanol–water partition coefficient (Wildman–Crippen LogP) is 5.28. The summed E-state index contributed by atoms with van der Waals surface area (Å²) in [5.74, 6) is 1.24. The van der Waals surface area contributed by atoms with E-state index in [2.05, 4.69) is 5.32 Å². The molecule has 0 aliphatic rings. The maximum atomic E-state index is 12.4. The number of nitrogens with one attached hydrogen (secondary N) is 1. The first-order chi connectivity index (χ1) is 15.2. The second-order valence-electron chi connectivity index (χ2n) is 7.77. The second kappa shape index (κ2) is 10.3. The molecule has 3 aromatic rings. The zero-order valence-electron chi connectivity index (χ0n) is 18.5. The van der Waals surface area contributed by atoms with Crippen molar-refractivity contribution in [1.29, 1.82) is 0 Å². The summed E-state index contributed by atoms with van der Waals surface area (Å²) in [6.45, 7) is 4.10. The molecule has 1 N–H and O–H groups in total. The molecular weight excluding hydrogens is 424 g/mol. The molecule has 0 unspecified atom stereocenters. The maximum absolute atomic E-state index is 12.4. The van der Waals surface area contributed by atoms with Gasteiger partial charge in [0.15, 0.2) is 0 Å². The largest absolute Gasteiger partial charge is 0.457 e. The molecular formula is C25H28N2O4S. The molecule has 0 saturated carbocycles. The zero-order valence-corrected chi connectivity index (χ0v) is 19.4. The SMILES string of the molecule is Cc1cc(C)cc(N(CCCC(=O)Nc2ccc(Oc3ccccc3)cc2)S(C)(=O)=O)c1. The van der Waals surface area contributed by atoms with Gasteiger partial charge in [0, 0.05) is 18.7 Å². The Balaban J connectivity index is 1.54. The van der Waals surface area contributed by atoms with Crippen LogP contribution >= 0.6 is 0 Å². The highest BCUT2D eigenvalue weighted by molar-refractivity contribution is 7.92. The third kappa shape index (κ3) is 6.85. The molecule has 0 radical (unpaired) electrons. The minimum absolute atomic E-state index is 0.171. The van der Waals surface area contributed by atoms with Crippen molar-refractivity contribution in [2.45, 2.75) is 26.7 Å². The molecule has 0 bridgehead atoms. The number of amides is 1. The van der Waals surface area contributed by atoms with E-state index in [4.69, 9.17) is 4.74 Å². The summed E-state index contributed by atoms with van der Waals surface area (Å²) in [6, 6.07) is 22.2. The van der Waals surface area contributed by atoms with Crippen molar-refractivity contribution in [3.8, 4) is 11.5 Å². The average molecular weight is 453 g/mol. The average Bonchev–Trinajstić information content (AvgIpc) is 2.72. The normalized spacial score (nSPS) is 11.1. The Bertz CT molecular complexity index is 1140. The molecule has 6 nitrogen and oxygen atoms in total. The molecule has 0 aliphatic carbocycles. The number of rotatable bonds is 9. The van der Waals surface area contributed by atoms with Crippen LogP contribution in [0.5, 0.6) is 11.5 Å². The minimum atomic E-state index is -3.45. The third-order valence-corrected chi connectivity index (χ3v) is 5.97. The molecule has 1 amide bonds. The maximum Gasteiger partial charge on any atom is 0.232 e. The van der Waals surface area contributed by atoms with E-state index in [0.717, 1.165) is 16.9 Å². The molecule has 0 fully saturated rings. The van der Waals surface area contributed by atoms with Gasteiger partial charge >= 0.3 is 0 Å². The number of anilines is 2. The van der Waals surface area contributed by atoms with Crippen molar-refractivity contribution in [2.24, 2.45) is 0 Å². The molecule has 0 heterocycles. The fraction of sp³-hybridized carbons (Fsp3) is 0.240. The van der Waals surface area contributed by atoms with Gasteiger partial charge in [-0.2, -0.15) is 0 Å². The summed E-state index contributed by atoms with van der Waals surface area (Å²) >= 11 is 0. The fourth-order valence-corrected chi connectivity index (χ4v) is 4.37. The van der Waals surface area contributed by atoms with Crippen LogP contribution in [0.25, 0.3) is 0 Å². The van der Waals surface area contributed by atoms with Crippen molar-refractivity contribution in [3.05, 3.63) is 83.9 Å². The summed E-state index contributed by atoms with van der Waals surface area (Å²) in [4.78, 5) is 12.4. The zero-order chi connectivity index (χ0) is 23.1. The number of carbonyl (C=O) groups is 1. The number of sulfonamides is 1. The number of aryl methyl sites for hydroxylation is 2. The van der Waals surface area contributed by atoms with Gasteiger partial charge in [-0.15, -0.1) is 0 Å². The van der Waals surface area contributed by atoms with Crippen LogP contribution in [-0.2, 0) is 14.8 Å². The Morgan fingerprint density at radius 2 is 1.50 bits per heavy atom. The van der Waals surface area contributed by atoms with E-state index in [1.807, 2.05) is 62.4 Å². The van der Waals surface area contributed by atoms with E-state index in [-0.39, 0.29) is 18.9 Å². The lowest BCUT2D eigenvalue weighted by Crippen LogP contribution is -2.31. The number of hydrogen-bond acceptors (Lipinski definition) is 4. The summed E-state index contributed by atoms with van der Waals surface area (Å²) in [5.41, 5.74) is 3.27. The van der Waals surface area contributed by atoms with Crippen LogP contribution in [0.2, 0.25) is 0 Å². The fourth-order valence-electron chi connectivity index (χ4n) is 3.42. The minimum Gasteiger partial charge on any atom is -0.457 e. The smallest absolute Gasteiger partial charge is 0.232 e. The van der Waals surface area contributed by atoms with E-state index >= 15 is 0 Å². The van der Waals surface area contributed by atoms with Gasteiger partial charge in [0.25, 0.3) is 0 Å². The van der Waals surface area contributed by atoms with Gasteiger partial charge in [-0.05, 0) is 79.9 Å². The highest BCUT2D eigenvalue weighted by atomic mass is 32.2. The first-order valence-corrected chi connectivity index (χ1v) is 12.2. The van der Waals surface area contributed by atoms with Crippen LogP contribution in [0.15, 0.2) is 72.8 Å². The molecule has 3 aromatic carbocycles. The van der Waals surface area contributed by atoms with Gasteiger partial charge in [-0.25, -0.2) is 8.42 Å². The number of nitrogens with zero attached hydrogens (tertiary/aromatic N) is 1. The van der Waals surface area contributed by atoms with E-state index in [0.29, 0.717) is 23.5 Å². The van der Waals surface area contributed by atoms with Crippen molar-refractivity contribution in [3.63, 3.8) is 0 Å². The number of hydrogen-bond donors (Lipinski definition) is 1. The number of ether oxygens (including phenoxy) is 1. The molecule has 0 saturated heterocycles. The Kier molecular flexibility index (Phi) is 7.53. The monoisotopic (exact) mass is 452 g/mol. The molecule has 32 heavy (non-hydrogen) atoms. The van der Waals surface area contributed by atoms with Gasteiger partial charge in [-0.1, -0.05) is 24.3 Å². The number of para-hydroxylation sites is 1. The van der Waals surface area contributed by atoms with Gasteiger partial charge < -0.3 is 10.1 Å². The molecule has 7 heteroatoms. The van der Waals surface area contributed by atoms with Crippen molar-refractivity contribution in [2.75, 3.05) is 22.4 Å². The predicted molar refractivity (Wildman–Crippen MR) is 129 cm³/mol. The molecule has 0 aliphatic heterocycles. The molecule has 168 valence electrons. The summed E-state index contributed by atoms with van der Waals surface area (Å²) in [6.07, 6.45) is 1.80. The first-order valence-electron chi connectivity index (χ1n) is 10.4. The summed E-state index contributed by atoms with van der Waals surface area (Å²) in [5, 5.41) is 2.84. The summed E-state index contributed by atoms with van der Waals surface area (Å²) in [7, 11) is -3.45. The van der Waals surface area contributed by atoms with Crippen molar-refractivity contribution in [1.82, 2.24) is 0 Å². The Morgan fingerprint density at radius 3 is 2.09 bits per heavy atom. The van der Waals surface area contributed by atoms with E-state index in [9.17, 15) is 13.2 Å². The number of benzene rings is 3. The van der Waals surface area contributed by atoms with Crippen molar-refractivity contribution < 1.29 is 17.9 Å². The van der Waals surface area contributed by atoms with Crippen LogP contribution in [-0.4, -0.2) is 27.1 Å². The second-order valence-corrected chi connectivity index (χ2v) is 9.68. The third-order valence-electron chi connectivity index (χ3n) is 4.78. The first kappa shape index (κ1) is 23.3. The van der Waals surface area contributed by atoms with Gasteiger partial charge in [-0.3, -0.25) is 9.10 Å². The van der Waals surface area contributed by atoms with Crippen LogP contribution < -0.4 is 14.4 Å². The lowest BCUT2D eigenvalue weighted by atomic mass is 10.1. The van der Waals surface area contributed by atoms with Gasteiger partial charge in [0.05, 0.1) is 11.9 Å². The van der Waals surface area contributed by atoms with Crippen LogP contribution in [0, 0.1) is 13.8 Å². The van der Waals surface area contributed by atoms with E-state index in [1.54, 1.807) is 24.3 Å². The standard InChI is InChI=1S/C25H28N2O4S/c1-19-16-20(2)18-22(17-19)27(32(3,29)30)15-7-10-25(28)26-21-11-13-24(14-12-21)31-23-8-5-4-6-9-23/h4-6,8-9,11-14,16-18H,7,10,15H2,1-3H3,(H,26,28). The quantitative estimate of drug-likeness (QED) is 0.479. The van der Waals surface area contributed by atoms with E-state index in [1.165, 1.54) is 10.6 Å². The molecule has 0 atom stereocenters. The van der Waals surface area contributed by atoms with Crippen LogP contribution in [0.4, 0.5) is 11.4 Å². The number of carbonyl (C=O) groups excluding carboxylic acids is 1. The Labute approximate surface area is 189 Å². The Morgan fingerprint density at radius 1 is 0.906 bits per heavy atom. The lowest BCUT2D eigenvalue weighted by molar-refractivity contribution is -0.116. The van der Waals surface area contributed by atoms with Gasteiger partial charge in [0.2, 0.25) is 15.9 Å². The highest BCUT2D eigenvalue weighted by Gasteiger charge is 2.18.